The van der Waals surface area contributed by atoms with Crippen LogP contribution >= 0.6 is 0 Å². The number of carbonyl (C=O) groups excluding carboxylic acids is 2. The van der Waals surface area contributed by atoms with Crippen LogP contribution in [0.15, 0.2) is 18.2 Å². The number of carbonyl (C=O) groups is 2. The zero-order valence-corrected chi connectivity index (χ0v) is 22.8. The number of phenols is 3. The van der Waals surface area contributed by atoms with Gasteiger partial charge in [-0.3, -0.25) is 14.5 Å². The minimum absolute atomic E-state index is 0.0266. The number of rotatable bonds is 5. The second kappa shape index (κ2) is 11.0. The van der Waals surface area contributed by atoms with E-state index in [0.717, 1.165) is 6.42 Å². The molecule has 0 aromatic heterocycles. The molecular formula is C30H35NO10. The Morgan fingerprint density at radius 1 is 0.951 bits per heavy atom. The molecule has 2 aliphatic heterocycles. The van der Waals surface area contributed by atoms with E-state index in [9.17, 15) is 35.1 Å². The van der Waals surface area contributed by atoms with Gasteiger partial charge in [-0.05, 0) is 24.8 Å². The second-order valence-corrected chi connectivity index (χ2v) is 11.3. The maximum Gasteiger partial charge on any atom is 0.202 e. The molecule has 2 aliphatic carbocycles. The largest absolute Gasteiger partial charge is 0.507 e. The van der Waals surface area contributed by atoms with Crippen molar-refractivity contribution in [1.82, 2.24) is 4.90 Å². The molecule has 2 aromatic rings. The van der Waals surface area contributed by atoms with E-state index in [0.29, 0.717) is 39.1 Å². The molecular weight excluding hydrogens is 534 g/mol. The number of ketones is 2. The van der Waals surface area contributed by atoms with Crippen molar-refractivity contribution in [3.05, 3.63) is 51.6 Å². The van der Waals surface area contributed by atoms with Gasteiger partial charge in [0, 0.05) is 42.2 Å². The van der Waals surface area contributed by atoms with Crippen LogP contribution in [-0.4, -0.2) is 93.3 Å². The highest BCUT2D eigenvalue weighted by atomic mass is 16.7. The maximum absolute atomic E-state index is 13.6. The molecule has 2 fully saturated rings. The molecule has 6 rings (SSSR count). The Labute approximate surface area is 236 Å². The molecule has 0 spiro atoms. The van der Waals surface area contributed by atoms with Crippen LogP contribution in [0.2, 0.25) is 0 Å². The molecule has 41 heavy (non-hydrogen) atoms. The molecule has 6 atom stereocenters. The second-order valence-electron chi connectivity index (χ2n) is 11.3. The molecule has 2 heterocycles. The van der Waals surface area contributed by atoms with Gasteiger partial charge in [0.25, 0.3) is 0 Å². The summed E-state index contributed by atoms with van der Waals surface area (Å²) >= 11 is 0. The standard InChI is InChI=1S/C30H35NO10/c1-2-4-14-11-19(41-20-12-16(18(33)13-40-20)31-7-9-39-10-8-31)22-23(26(14)34)30(38)24-25(29(22)37)28(36)21-15(27(24)35)5-3-6-17(21)32/h3,5-6,14,16,18-20,26,32-34,37-38H,2,4,7-13H2,1H3/t14?,16?,18-,19+,20?,26?/m1/s1. The van der Waals surface area contributed by atoms with Crippen LogP contribution in [0.1, 0.15) is 87.8 Å². The minimum Gasteiger partial charge on any atom is -0.507 e. The lowest BCUT2D eigenvalue weighted by molar-refractivity contribution is -0.234. The van der Waals surface area contributed by atoms with Gasteiger partial charge in [0.2, 0.25) is 5.78 Å². The van der Waals surface area contributed by atoms with E-state index in [2.05, 4.69) is 4.90 Å². The smallest absolute Gasteiger partial charge is 0.202 e. The van der Waals surface area contributed by atoms with Gasteiger partial charge in [0.15, 0.2) is 12.1 Å². The average molecular weight is 570 g/mol. The number of hydrogen-bond donors (Lipinski definition) is 5. The van der Waals surface area contributed by atoms with Crippen molar-refractivity contribution in [2.75, 3.05) is 32.9 Å². The normalized spacial score (nSPS) is 30.0. The summed E-state index contributed by atoms with van der Waals surface area (Å²) in [6, 6.07) is 3.83. The van der Waals surface area contributed by atoms with Gasteiger partial charge in [0.1, 0.15) is 17.2 Å². The van der Waals surface area contributed by atoms with Crippen LogP contribution in [0.3, 0.4) is 0 Å². The Bertz CT molecular complexity index is 1370. The minimum atomic E-state index is -1.22. The number of aromatic hydroxyl groups is 3. The molecule has 4 unspecified atom stereocenters. The van der Waals surface area contributed by atoms with E-state index < -0.39 is 64.5 Å². The fourth-order valence-corrected chi connectivity index (χ4v) is 6.90. The van der Waals surface area contributed by atoms with Crippen LogP contribution in [0.25, 0.3) is 0 Å². The Morgan fingerprint density at radius 3 is 2.39 bits per heavy atom. The first-order valence-corrected chi connectivity index (χ1v) is 14.2. The molecule has 220 valence electrons. The fourth-order valence-electron chi connectivity index (χ4n) is 6.90. The monoisotopic (exact) mass is 569 g/mol. The first-order valence-electron chi connectivity index (χ1n) is 14.2. The number of ether oxygens (including phenoxy) is 3. The molecule has 0 saturated carbocycles. The first kappa shape index (κ1) is 28.1. The SMILES string of the molecule is CCCC1C[C@H](OC2CC(N3CCOCC3)[C@H](O)CO2)c2c(O)c3c(c(O)c2C1O)C(=O)c1cccc(O)c1C3=O. The molecule has 11 heteroatoms. The predicted octanol–water partition coefficient (Wildman–Crippen LogP) is 2.30. The van der Waals surface area contributed by atoms with Crippen molar-refractivity contribution in [3.8, 4) is 17.2 Å². The number of hydrogen-bond acceptors (Lipinski definition) is 11. The van der Waals surface area contributed by atoms with Gasteiger partial charge in [-0.15, -0.1) is 0 Å². The topological polar surface area (TPSA) is 166 Å². The van der Waals surface area contributed by atoms with Crippen LogP contribution in [0.5, 0.6) is 17.2 Å². The third-order valence-electron chi connectivity index (χ3n) is 8.89. The summed E-state index contributed by atoms with van der Waals surface area (Å²) in [4.78, 5) is 29.2. The van der Waals surface area contributed by atoms with Crippen molar-refractivity contribution >= 4 is 11.6 Å². The summed E-state index contributed by atoms with van der Waals surface area (Å²) < 4.78 is 17.7. The Kier molecular flexibility index (Phi) is 7.52. The van der Waals surface area contributed by atoms with E-state index >= 15 is 0 Å². The first-order chi connectivity index (χ1) is 19.7. The van der Waals surface area contributed by atoms with Crippen molar-refractivity contribution in [2.24, 2.45) is 5.92 Å². The molecule has 0 radical (unpaired) electrons. The summed E-state index contributed by atoms with van der Waals surface area (Å²) in [5, 5.41) is 55.5. The third kappa shape index (κ3) is 4.61. The zero-order chi connectivity index (χ0) is 29.0. The van der Waals surface area contributed by atoms with Gasteiger partial charge in [0.05, 0.1) is 54.8 Å². The van der Waals surface area contributed by atoms with Gasteiger partial charge in [-0.1, -0.05) is 25.5 Å². The van der Waals surface area contributed by atoms with Crippen molar-refractivity contribution in [3.63, 3.8) is 0 Å². The lowest BCUT2D eigenvalue weighted by atomic mass is 9.72. The molecule has 4 aliphatic rings. The Morgan fingerprint density at radius 2 is 1.66 bits per heavy atom. The lowest BCUT2D eigenvalue weighted by Gasteiger charge is -2.44. The summed E-state index contributed by atoms with van der Waals surface area (Å²) in [5.41, 5.74) is -1.19. The van der Waals surface area contributed by atoms with Gasteiger partial charge < -0.3 is 39.7 Å². The number of phenolic OH excluding ortho intramolecular Hbond substituents is 3. The fraction of sp³-hybridized carbons (Fsp3) is 0.533. The highest BCUT2D eigenvalue weighted by Crippen LogP contribution is 2.55. The summed E-state index contributed by atoms with van der Waals surface area (Å²) in [7, 11) is 0. The van der Waals surface area contributed by atoms with E-state index in [1.807, 2.05) is 6.92 Å². The molecule has 2 saturated heterocycles. The van der Waals surface area contributed by atoms with E-state index in [1.165, 1.54) is 18.2 Å². The molecule has 0 bridgehead atoms. The summed E-state index contributed by atoms with van der Waals surface area (Å²) in [5.74, 6) is -3.47. The van der Waals surface area contributed by atoms with Crippen molar-refractivity contribution in [2.45, 2.75) is 63.3 Å². The van der Waals surface area contributed by atoms with E-state index in [4.69, 9.17) is 14.2 Å². The van der Waals surface area contributed by atoms with Crippen molar-refractivity contribution < 1.29 is 49.3 Å². The van der Waals surface area contributed by atoms with E-state index in [-0.39, 0.29) is 47.2 Å². The molecule has 5 N–H and O–H groups in total. The molecule has 2 aromatic carbocycles. The number of nitrogens with zero attached hydrogens (tertiary/aromatic N) is 1. The number of aliphatic hydroxyl groups is 2. The summed E-state index contributed by atoms with van der Waals surface area (Å²) in [6.07, 6.45) is -1.68. The van der Waals surface area contributed by atoms with Crippen LogP contribution < -0.4 is 0 Å². The predicted molar refractivity (Wildman–Crippen MR) is 143 cm³/mol. The molecule has 11 nitrogen and oxygen atoms in total. The average Bonchev–Trinajstić information content (AvgIpc) is 2.96. The quantitative estimate of drug-likeness (QED) is 0.286. The highest BCUT2D eigenvalue weighted by Gasteiger charge is 2.46. The van der Waals surface area contributed by atoms with Crippen LogP contribution in [0, 0.1) is 5.92 Å². The maximum atomic E-state index is 13.6. The Hall–Kier alpha value is -3.06. The number of fused-ring (bicyclic) bond motifs is 3. The van der Waals surface area contributed by atoms with Crippen LogP contribution in [0.4, 0.5) is 0 Å². The van der Waals surface area contributed by atoms with Crippen LogP contribution in [-0.2, 0) is 14.2 Å². The van der Waals surface area contributed by atoms with Gasteiger partial charge >= 0.3 is 0 Å². The number of aliphatic hydroxyl groups excluding tert-OH is 2. The van der Waals surface area contributed by atoms with Gasteiger partial charge in [-0.25, -0.2) is 0 Å². The Balaban J connectivity index is 1.41. The zero-order valence-electron chi connectivity index (χ0n) is 22.8. The summed E-state index contributed by atoms with van der Waals surface area (Å²) in [6.45, 7) is 4.45. The van der Waals surface area contributed by atoms with Crippen molar-refractivity contribution in [1.29, 1.82) is 0 Å². The number of benzene rings is 2. The highest BCUT2D eigenvalue weighted by molar-refractivity contribution is 6.31. The molecule has 0 amide bonds. The van der Waals surface area contributed by atoms with E-state index in [1.54, 1.807) is 0 Å². The van der Waals surface area contributed by atoms with Gasteiger partial charge in [-0.2, -0.15) is 0 Å². The lowest BCUT2D eigenvalue weighted by Crippen LogP contribution is -2.55. The third-order valence-corrected chi connectivity index (χ3v) is 8.89. The number of morpholine rings is 1.